The fourth-order valence-electron chi connectivity index (χ4n) is 2.04. The number of hydrogen-bond acceptors (Lipinski definition) is 2. The van der Waals surface area contributed by atoms with Crippen molar-refractivity contribution in [1.29, 1.82) is 0 Å². The van der Waals surface area contributed by atoms with Crippen LogP contribution in [0.5, 0.6) is 0 Å². The molecule has 0 atom stereocenters. The molecular weight excluding hydrogens is 267 g/mol. The second-order valence-electron chi connectivity index (χ2n) is 4.47. The summed E-state index contributed by atoms with van der Waals surface area (Å²) in [6.07, 6.45) is 2.91. The molecule has 2 aromatic rings. The molecule has 0 aliphatic rings. The van der Waals surface area contributed by atoms with Gasteiger partial charge in [-0.2, -0.15) is 0 Å². The number of aromatic nitrogens is 1. The van der Waals surface area contributed by atoms with Gasteiger partial charge in [-0.05, 0) is 36.6 Å². The Balaban J connectivity index is 2.04. The van der Waals surface area contributed by atoms with Gasteiger partial charge < -0.3 is 4.98 Å². The highest BCUT2D eigenvalue weighted by Gasteiger charge is 2.09. The van der Waals surface area contributed by atoms with Crippen LogP contribution >= 0.6 is 0 Å². The molecule has 0 fully saturated rings. The molecule has 0 radical (unpaired) electrons. The molecule has 0 spiro atoms. The maximum absolute atomic E-state index is 13.2. The fraction of sp³-hybridized carbons (Fsp3) is 0.385. The van der Waals surface area contributed by atoms with Gasteiger partial charge in [-0.3, -0.25) is 0 Å². The minimum atomic E-state index is -3.18. The second kappa shape index (κ2) is 5.71. The number of aromatic amines is 1. The van der Waals surface area contributed by atoms with Crippen molar-refractivity contribution in [3.8, 4) is 0 Å². The quantitative estimate of drug-likeness (QED) is 0.854. The molecule has 0 aliphatic heterocycles. The maximum Gasteiger partial charge on any atom is 0.211 e. The van der Waals surface area contributed by atoms with Crippen LogP contribution in [-0.2, 0) is 16.4 Å². The molecule has 0 unspecified atom stereocenters. The van der Waals surface area contributed by atoms with Crippen LogP contribution in [0.15, 0.2) is 24.4 Å². The van der Waals surface area contributed by atoms with Crippen LogP contribution in [0.25, 0.3) is 10.9 Å². The standard InChI is InChI=1S/C13H17FN2O2S/c1-2-7-19(17,18)16-6-5-10-9-15-13-4-3-11(14)8-12(10)13/h3-4,8-9,15-16H,2,5-7H2,1H3. The molecule has 2 N–H and O–H groups in total. The van der Waals surface area contributed by atoms with E-state index in [1.165, 1.54) is 12.1 Å². The predicted molar refractivity (Wildman–Crippen MR) is 74.0 cm³/mol. The first kappa shape index (κ1) is 14.0. The third-order valence-electron chi connectivity index (χ3n) is 2.92. The number of sulfonamides is 1. The number of benzene rings is 1. The van der Waals surface area contributed by atoms with E-state index < -0.39 is 10.0 Å². The normalized spacial score (nSPS) is 12.1. The molecular formula is C13H17FN2O2S. The Hall–Kier alpha value is -1.40. The van der Waals surface area contributed by atoms with Crippen molar-refractivity contribution in [2.75, 3.05) is 12.3 Å². The molecule has 19 heavy (non-hydrogen) atoms. The molecule has 0 saturated carbocycles. The van der Waals surface area contributed by atoms with Crippen LogP contribution in [0.3, 0.4) is 0 Å². The zero-order chi connectivity index (χ0) is 13.9. The predicted octanol–water partition coefficient (Wildman–Crippen LogP) is 2.18. The minimum Gasteiger partial charge on any atom is -0.361 e. The topological polar surface area (TPSA) is 62.0 Å². The number of hydrogen-bond donors (Lipinski definition) is 2. The summed E-state index contributed by atoms with van der Waals surface area (Å²) < 4.78 is 38.7. The molecule has 1 heterocycles. The molecule has 0 aliphatic carbocycles. The van der Waals surface area contributed by atoms with Gasteiger partial charge in [0.2, 0.25) is 10.0 Å². The van der Waals surface area contributed by atoms with Gasteiger partial charge in [0.1, 0.15) is 5.82 Å². The van der Waals surface area contributed by atoms with Crippen molar-refractivity contribution in [1.82, 2.24) is 9.71 Å². The summed E-state index contributed by atoms with van der Waals surface area (Å²) in [5, 5.41) is 0.801. The monoisotopic (exact) mass is 284 g/mol. The fourth-order valence-corrected chi connectivity index (χ4v) is 3.13. The second-order valence-corrected chi connectivity index (χ2v) is 6.39. The van der Waals surface area contributed by atoms with Gasteiger partial charge in [-0.15, -0.1) is 0 Å². The highest BCUT2D eigenvalue weighted by Crippen LogP contribution is 2.19. The summed E-state index contributed by atoms with van der Waals surface area (Å²) in [4.78, 5) is 3.04. The highest BCUT2D eigenvalue weighted by atomic mass is 32.2. The van der Waals surface area contributed by atoms with Crippen molar-refractivity contribution in [3.05, 3.63) is 35.8 Å². The van der Waals surface area contributed by atoms with Crippen molar-refractivity contribution < 1.29 is 12.8 Å². The van der Waals surface area contributed by atoms with Crippen LogP contribution in [0, 0.1) is 5.82 Å². The van der Waals surface area contributed by atoms with Crippen LogP contribution in [-0.4, -0.2) is 25.7 Å². The number of H-pyrrole nitrogens is 1. The average molecular weight is 284 g/mol. The summed E-state index contributed by atoms with van der Waals surface area (Å²) in [7, 11) is -3.18. The maximum atomic E-state index is 13.2. The zero-order valence-corrected chi connectivity index (χ0v) is 11.6. The number of nitrogens with one attached hydrogen (secondary N) is 2. The number of fused-ring (bicyclic) bond motifs is 1. The largest absolute Gasteiger partial charge is 0.361 e. The smallest absolute Gasteiger partial charge is 0.211 e. The number of rotatable bonds is 6. The summed E-state index contributed by atoms with van der Waals surface area (Å²) >= 11 is 0. The first-order valence-electron chi connectivity index (χ1n) is 6.24. The average Bonchev–Trinajstić information content (AvgIpc) is 2.71. The van der Waals surface area contributed by atoms with Gasteiger partial charge in [0.25, 0.3) is 0 Å². The van der Waals surface area contributed by atoms with Gasteiger partial charge >= 0.3 is 0 Å². The van der Waals surface area contributed by atoms with Gasteiger partial charge in [0.05, 0.1) is 5.75 Å². The van der Waals surface area contributed by atoms with E-state index in [0.29, 0.717) is 19.4 Å². The van der Waals surface area contributed by atoms with E-state index in [0.717, 1.165) is 16.5 Å². The Kier molecular flexibility index (Phi) is 4.21. The molecule has 4 nitrogen and oxygen atoms in total. The summed E-state index contributed by atoms with van der Waals surface area (Å²) in [6, 6.07) is 4.53. The van der Waals surface area contributed by atoms with E-state index in [9.17, 15) is 12.8 Å². The third kappa shape index (κ3) is 3.54. The lowest BCUT2D eigenvalue weighted by Crippen LogP contribution is -2.28. The lowest BCUT2D eigenvalue weighted by molar-refractivity contribution is 0.580. The Bertz CT molecular complexity index is 664. The first-order chi connectivity index (χ1) is 9.02. The summed E-state index contributed by atoms with van der Waals surface area (Å²) in [5.74, 6) is -0.157. The van der Waals surface area contributed by atoms with Crippen molar-refractivity contribution in [2.24, 2.45) is 0 Å². The van der Waals surface area contributed by atoms with Gasteiger partial charge in [-0.1, -0.05) is 6.92 Å². The van der Waals surface area contributed by atoms with Crippen molar-refractivity contribution in [2.45, 2.75) is 19.8 Å². The van der Waals surface area contributed by atoms with Crippen LogP contribution in [0.1, 0.15) is 18.9 Å². The highest BCUT2D eigenvalue weighted by molar-refractivity contribution is 7.89. The van der Waals surface area contributed by atoms with Crippen molar-refractivity contribution >= 4 is 20.9 Å². The van der Waals surface area contributed by atoms with Gasteiger partial charge in [-0.25, -0.2) is 17.5 Å². The van der Waals surface area contributed by atoms with Crippen LogP contribution < -0.4 is 4.72 Å². The first-order valence-corrected chi connectivity index (χ1v) is 7.90. The SMILES string of the molecule is CCCS(=O)(=O)NCCc1c[nH]c2ccc(F)cc12. The van der Waals surface area contributed by atoms with E-state index in [1.54, 1.807) is 12.3 Å². The Labute approximate surface area is 112 Å². The lowest BCUT2D eigenvalue weighted by atomic mass is 10.1. The Morgan fingerprint density at radius 3 is 2.89 bits per heavy atom. The van der Waals surface area contributed by atoms with E-state index in [2.05, 4.69) is 9.71 Å². The molecule has 104 valence electrons. The van der Waals surface area contributed by atoms with Gasteiger partial charge in [0.15, 0.2) is 0 Å². The Morgan fingerprint density at radius 1 is 1.37 bits per heavy atom. The molecule has 2 rings (SSSR count). The molecule has 1 aromatic carbocycles. The van der Waals surface area contributed by atoms with E-state index in [1.807, 2.05) is 6.92 Å². The van der Waals surface area contributed by atoms with E-state index in [-0.39, 0.29) is 11.6 Å². The molecule has 0 bridgehead atoms. The van der Waals surface area contributed by atoms with Gasteiger partial charge in [0, 0.05) is 23.6 Å². The third-order valence-corrected chi connectivity index (χ3v) is 4.51. The molecule has 0 saturated heterocycles. The van der Waals surface area contributed by atoms with Crippen molar-refractivity contribution in [3.63, 3.8) is 0 Å². The number of halogens is 1. The van der Waals surface area contributed by atoms with E-state index in [4.69, 9.17) is 0 Å². The Morgan fingerprint density at radius 2 is 2.16 bits per heavy atom. The summed E-state index contributed by atoms with van der Waals surface area (Å²) in [6.45, 7) is 2.15. The van der Waals surface area contributed by atoms with E-state index >= 15 is 0 Å². The molecule has 6 heteroatoms. The van der Waals surface area contributed by atoms with Crippen LogP contribution in [0.2, 0.25) is 0 Å². The zero-order valence-electron chi connectivity index (χ0n) is 10.7. The summed E-state index contributed by atoms with van der Waals surface area (Å²) in [5.41, 5.74) is 1.77. The molecule has 1 aromatic heterocycles. The van der Waals surface area contributed by atoms with Crippen LogP contribution in [0.4, 0.5) is 4.39 Å². The molecule has 0 amide bonds. The lowest BCUT2D eigenvalue weighted by Gasteiger charge is -2.04. The minimum absolute atomic E-state index is 0.134.